The van der Waals surface area contributed by atoms with Gasteiger partial charge in [-0.3, -0.25) is 4.57 Å². The Bertz CT molecular complexity index is 741. The summed E-state index contributed by atoms with van der Waals surface area (Å²) in [5, 5.41) is 6.05. The molecule has 3 aromatic heterocycles. The molecule has 0 fully saturated rings. The Morgan fingerprint density at radius 1 is 1.32 bits per heavy atom. The van der Waals surface area contributed by atoms with Crippen molar-refractivity contribution >= 4 is 17.3 Å². The topological polar surface area (TPSA) is 102 Å². The Morgan fingerprint density at radius 3 is 2.79 bits per heavy atom. The minimum Gasteiger partial charge on any atom is -0.368 e. The highest BCUT2D eigenvalue weighted by Crippen LogP contribution is 2.27. The van der Waals surface area contributed by atoms with Crippen LogP contribution < -0.4 is 11.4 Å². The lowest BCUT2D eigenvalue weighted by Crippen LogP contribution is -2.16. The molecule has 0 aliphatic carbocycles. The van der Waals surface area contributed by atoms with Crippen LogP contribution in [-0.2, 0) is 6.54 Å². The first-order valence-electron chi connectivity index (χ1n) is 5.49. The third kappa shape index (κ3) is 2.38. The minimum atomic E-state index is -0.217. The quantitative estimate of drug-likeness (QED) is 0.732. The largest absolute Gasteiger partial charge is 0.368 e. The fourth-order valence-corrected chi connectivity index (χ4v) is 2.62. The lowest BCUT2D eigenvalue weighted by molar-refractivity contribution is 0.772. The summed E-state index contributed by atoms with van der Waals surface area (Å²) in [6.45, 7) is 0.496. The Balaban J connectivity index is 1.85. The van der Waals surface area contributed by atoms with Gasteiger partial charge in [-0.05, 0) is 12.1 Å². The number of hydrogen-bond donors (Lipinski definition) is 2. The summed E-state index contributed by atoms with van der Waals surface area (Å²) in [7, 11) is 0. The van der Waals surface area contributed by atoms with Gasteiger partial charge in [-0.1, -0.05) is 0 Å². The van der Waals surface area contributed by atoms with Gasteiger partial charge in [0.15, 0.2) is 0 Å². The van der Waals surface area contributed by atoms with E-state index in [9.17, 15) is 4.79 Å². The number of rotatable bonds is 3. The van der Waals surface area contributed by atoms with Gasteiger partial charge < -0.3 is 5.73 Å². The maximum atomic E-state index is 11.4. The van der Waals surface area contributed by atoms with Gasteiger partial charge in [-0.15, -0.1) is 11.3 Å². The molecule has 19 heavy (non-hydrogen) atoms. The molecule has 0 bridgehead atoms. The van der Waals surface area contributed by atoms with Crippen LogP contribution in [0.2, 0.25) is 0 Å². The second-order valence-electron chi connectivity index (χ2n) is 3.89. The fraction of sp³-hybridized carbons (Fsp3) is 0.0909. The van der Waals surface area contributed by atoms with E-state index in [2.05, 4.69) is 20.2 Å². The van der Waals surface area contributed by atoms with E-state index in [-0.39, 0.29) is 11.6 Å². The second kappa shape index (κ2) is 4.65. The fourth-order valence-electron chi connectivity index (χ4n) is 1.63. The predicted molar refractivity (Wildman–Crippen MR) is 71.7 cm³/mol. The van der Waals surface area contributed by atoms with Crippen LogP contribution in [0.3, 0.4) is 0 Å². The van der Waals surface area contributed by atoms with E-state index in [0.717, 1.165) is 15.3 Å². The van der Waals surface area contributed by atoms with Crippen molar-refractivity contribution in [3.05, 3.63) is 46.2 Å². The van der Waals surface area contributed by atoms with Crippen LogP contribution in [0.4, 0.5) is 5.95 Å². The third-order valence-corrected chi connectivity index (χ3v) is 3.68. The molecule has 0 unspecified atom stereocenters. The SMILES string of the molecule is Nc1ncc(-c2ccc(Cn3cn[nH]c3=O)s2)cn1. The average molecular weight is 274 g/mol. The Morgan fingerprint density at radius 2 is 2.11 bits per heavy atom. The Hall–Kier alpha value is -2.48. The molecular formula is C11H10N6OS. The number of thiophene rings is 1. The number of nitrogens with zero attached hydrogens (tertiary/aromatic N) is 4. The third-order valence-electron chi connectivity index (χ3n) is 2.56. The number of H-pyrrole nitrogens is 1. The minimum absolute atomic E-state index is 0.217. The molecule has 0 atom stereocenters. The van der Waals surface area contributed by atoms with Crippen LogP contribution in [0.15, 0.2) is 35.6 Å². The molecule has 3 rings (SSSR count). The molecule has 7 nitrogen and oxygen atoms in total. The molecule has 0 radical (unpaired) electrons. The number of hydrogen-bond acceptors (Lipinski definition) is 6. The summed E-state index contributed by atoms with van der Waals surface area (Å²) in [5.41, 5.74) is 6.14. The van der Waals surface area contributed by atoms with Gasteiger partial charge in [0.05, 0.1) is 6.54 Å². The molecule has 0 aliphatic rings. The molecule has 96 valence electrons. The summed E-state index contributed by atoms with van der Waals surface area (Å²) < 4.78 is 1.51. The standard InChI is InChI=1S/C11H10N6OS/c12-10-13-3-7(4-14-10)9-2-1-8(19-9)5-17-6-15-16-11(17)18/h1-4,6H,5H2,(H,16,18)(H2,12,13,14). The van der Waals surface area contributed by atoms with Crippen molar-refractivity contribution in [2.45, 2.75) is 6.54 Å². The van der Waals surface area contributed by atoms with Gasteiger partial charge in [0, 0.05) is 27.7 Å². The van der Waals surface area contributed by atoms with Gasteiger partial charge >= 0.3 is 5.69 Å². The van der Waals surface area contributed by atoms with E-state index >= 15 is 0 Å². The number of nitrogens with two attached hydrogens (primary N) is 1. The maximum Gasteiger partial charge on any atom is 0.343 e. The van der Waals surface area contributed by atoms with Gasteiger partial charge in [0.25, 0.3) is 0 Å². The van der Waals surface area contributed by atoms with Gasteiger partial charge in [0.1, 0.15) is 6.33 Å². The molecule has 0 saturated heterocycles. The predicted octanol–water partition coefficient (Wildman–Crippen LogP) is 0.720. The van der Waals surface area contributed by atoms with E-state index in [0.29, 0.717) is 6.54 Å². The van der Waals surface area contributed by atoms with E-state index in [1.807, 2.05) is 12.1 Å². The molecule has 0 spiro atoms. The normalized spacial score (nSPS) is 10.7. The van der Waals surface area contributed by atoms with Gasteiger partial charge in [0.2, 0.25) is 5.95 Å². The summed E-state index contributed by atoms with van der Waals surface area (Å²) in [5.74, 6) is 0.255. The van der Waals surface area contributed by atoms with Crippen molar-refractivity contribution in [1.29, 1.82) is 0 Å². The molecule has 0 amide bonds. The van der Waals surface area contributed by atoms with E-state index < -0.39 is 0 Å². The Kier molecular flexibility index (Phi) is 2.84. The maximum absolute atomic E-state index is 11.4. The molecule has 3 N–H and O–H groups in total. The highest BCUT2D eigenvalue weighted by Gasteiger charge is 2.06. The van der Waals surface area contributed by atoms with Crippen molar-refractivity contribution in [3.8, 4) is 10.4 Å². The van der Waals surface area contributed by atoms with Crippen LogP contribution >= 0.6 is 11.3 Å². The van der Waals surface area contributed by atoms with Crippen molar-refractivity contribution < 1.29 is 0 Å². The molecule has 0 aromatic carbocycles. The van der Waals surface area contributed by atoms with Gasteiger partial charge in [-0.25, -0.2) is 19.9 Å². The molecular weight excluding hydrogens is 264 g/mol. The van der Waals surface area contributed by atoms with Gasteiger partial charge in [-0.2, -0.15) is 5.10 Å². The molecule has 0 saturated carbocycles. The van der Waals surface area contributed by atoms with Crippen LogP contribution in [0.25, 0.3) is 10.4 Å². The van der Waals surface area contributed by atoms with Crippen molar-refractivity contribution in [1.82, 2.24) is 24.7 Å². The second-order valence-corrected chi connectivity index (χ2v) is 5.05. The first kappa shape index (κ1) is 11.6. The monoisotopic (exact) mass is 274 g/mol. The molecule has 3 aromatic rings. The highest BCUT2D eigenvalue weighted by molar-refractivity contribution is 7.15. The number of aromatic amines is 1. The van der Waals surface area contributed by atoms with E-state index in [1.165, 1.54) is 10.9 Å². The summed E-state index contributed by atoms with van der Waals surface area (Å²) in [6, 6.07) is 3.94. The summed E-state index contributed by atoms with van der Waals surface area (Å²) in [6.07, 6.45) is 4.85. The van der Waals surface area contributed by atoms with Crippen molar-refractivity contribution in [2.75, 3.05) is 5.73 Å². The highest BCUT2D eigenvalue weighted by atomic mass is 32.1. The summed E-state index contributed by atoms with van der Waals surface area (Å²) in [4.78, 5) is 21.4. The zero-order chi connectivity index (χ0) is 13.2. The number of anilines is 1. The van der Waals surface area contributed by atoms with E-state index in [4.69, 9.17) is 5.73 Å². The van der Waals surface area contributed by atoms with Crippen LogP contribution in [-0.4, -0.2) is 24.7 Å². The molecule has 8 heteroatoms. The van der Waals surface area contributed by atoms with E-state index in [1.54, 1.807) is 23.7 Å². The lowest BCUT2D eigenvalue weighted by atomic mass is 10.3. The van der Waals surface area contributed by atoms with Crippen LogP contribution in [0.1, 0.15) is 4.88 Å². The smallest absolute Gasteiger partial charge is 0.343 e. The average Bonchev–Trinajstić information content (AvgIpc) is 3.01. The number of nitrogens with one attached hydrogen (secondary N) is 1. The lowest BCUT2D eigenvalue weighted by Gasteiger charge is -1.97. The summed E-state index contributed by atoms with van der Waals surface area (Å²) >= 11 is 1.58. The van der Waals surface area contributed by atoms with Crippen molar-refractivity contribution in [3.63, 3.8) is 0 Å². The first-order chi connectivity index (χ1) is 9.22. The van der Waals surface area contributed by atoms with Crippen molar-refractivity contribution in [2.24, 2.45) is 0 Å². The first-order valence-corrected chi connectivity index (χ1v) is 6.30. The number of aromatic nitrogens is 5. The Labute approximate surface area is 111 Å². The molecule has 0 aliphatic heterocycles. The molecule has 3 heterocycles. The zero-order valence-corrected chi connectivity index (χ0v) is 10.6. The van der Waals surface area contributed by atoms with Crippen LogP contribution in [0.5, 0.6) is 0 Å². The van der Waals surface area contributed by atoms with Crippen LogP contribution in [0, 0.1) is 0 Å². The zero-order valence-electron chi connectivity index (χ0n) is 9.78. The number of nitrogen functional groups attached to an aromatic ring is 1.